The molecule has 1 unspecified atom stereocenters. The topological polar surface area (TPSA) is 93.8 Å². The quantitative estimate of drug-likeness (QED) is 0.754. The molecule has 2 aromatic rings. The third-order valence-electron chi connectivity index (χ3n) is 5.26. The minimum Gasteiger partial charge on any atom is -0.508 e. The van der Waals surface area contributed by atoms with Crippen LogP contribution in [0.3, 0.4) is 0 Å². The highest BCUT2D eigenvalue weighted by atomic mass is 16.7. The standard InChI is InChI=1S/C21H24N2O4/c22-21(25)18-11-20-19(26-12-27-20)10-17(18)14-7-13(8-16(24)9-14)4-5-15-3-1-2-6-23-15/h7-11,15,23-24H,1-6,12H2,(H2,22,25). The number of phenolic OH excluding ortho intramolecular Hbond substituents is 1. The predicted octanol–water partition coefficient (Wildman–Crippen LogP) is 2.96. The first-order chi connectivity index (χ1) is 13.1. The van der Waals surface area contributed by atoms with Crippen LogP contribution in [0.25, 0.3) is 11.1 Å². The maximum atomic E-state index is 12.0. The molecule has 0 aromatic heterocycles. The summed E-state index contributed by atoms with van der Waals surface area (Å²) in [5.74, 6) is 0.717. The lowest BCUT2D eigenvalue weighted by Gasteiger charge is -2.23. The van der Waals surface area contributed by atoms with Crippen LogP contribution in [0, 0.1) is 0 Å². The van der Waals surface area contributed by atoms with Gasteiger partial charge in [0.2, 0.25) is 12.7 Å². The van der Waals surface area contributed by atoms with E-state index >= 15 is 0 Å². The average molecular weight is 368 g/mol. The number of rotatable bonds is 5. The number of hydrogen-bond donors (Lipinski definition) is 3. The number of fused-ring (bicyclic) bond motifs is 1. The van der Waals surface area contributed by atoms with Gasteiger partial charge in [0.1, 0.15) is 5.75 Å². The second-order valence-electron chi connectivity index (χ2n) is 7.19. The molecule has 2 aliphatic rings. The minimum atomic E-state index is -0.542. The van der Waals surface area contributed by atoms with Gasteiger partial charge in [-0.2, -0.15) is 0 Å². The number of benzene rings is 2. The molecule has 0 aliphatic carbocycles. The lowest BCUT2D eigenvalue weighted by atomic mass is 9.93. The number of carbonyl (C=O) groups excluding carboxylic acids is 1. The first-order valence-corrected chi connectivity index (χ1v) is 9.40. The molecule has 4 rings (SSSR count). The number of carbonyl (C=O) groups is 1. The normalized spacial score (nSPS) is 18.4. The van der Waals surface area contributed by atoms with Gasteiger partial charge in [0.25, 0.3) is 0 Å². The van der Waals surface area contributed by atoms with Crippen molar-refractivity contribution in [1.29, 1.82) is 0 Å². The number of nitrogens with one attached hydrogen (secondary N) is 1. The zero-order chi connectivity index (χ0) is 18.8. The van der Waals surface area contributed by atoms with Gasteiger partial charge in [-0.05, 0) is 73.2 Å². The second-order valence-corrected chi connectivity index (χ2v) is 7.19. The highest BCUT2D eigenvalue weighted by Gasteiger charge is 2.21. The van der Waals surface area contributed by atoms with Gasteiger partial charge >= 0.3 is 0 Å². The van der Waals surface area contributed by atoms with Crippen LogP contribution >= 0.6 is 0 Å². The van der Waals surface area contributed by atoms with E-state index in [1.807, 2.05) is 6.07 Å². The molecule has 2 aliphatic heterocycles. The summed E-state index contributed by atoms with van der Waals surface area (Å²) in [6.45, 7) is 1.20. The Labute approximate surface area is 158 Å². The van der Waals surface area contributed by atoms with E-state index in [2.05, 4.69) is 5.32 Å². The van der Waals surface area contributed by atoms with Crippen LogP contribution in [-0.4, -0.2) is 30.4 Å². The van der Waals surface area contributed by atoms with Crippen LogP contribution in [0.4, 0.5) is 0 Å². The van der Waals surface area contributed by atoms with Gasteiger partial charge in [-0.25, -0.2) is 0 Å². The number of nitrogens with two attached hydrogens (primary N) is 1. The van der Waals surface area contributed by atoms with Crippen LogP contribution in [0.15, 0.2) is 30.3 Å². The van der Waals surface area contributed by atoms with E-state index in [1.165, 1.54) is 19.3 Å². The fourth-order valence-electron chi connectivity index (χ4n) is 3.87. The third kappa shape index (κ3) is 3.85. The Balaban J connectivity index is 1.64. The molecular formula is C21H24N2O4. The minimum absolute atomic E-state index is 0.122. The monoisotopic (exact) mass is 368 g/mol. The van der Waals surface area contributed by atoms with Crippen molar-refractivity contribution in [3.8, 4) is 28.4 Å². The molecule has 1 amide bonds. The van der Waals surface area contributed by atoms with Gasteiger partial charge in [0.15, 0.2) is 11.5 Å². The van der Waals surface area contributed by atoms with Crippen LogP contribution in [0.1, 0.15) is 41.6 Å². The van der Waals surface area contributed by atoms with E-state index in [4.69, 9.17) is 15.2 Å². The maximum Gasteiger partial charge on any atom is 0.249 e. The summed E-state index contributed by atoms with van der Waals surface area (Å²) in [7, 11) is 0. The van der Waals surface area contributed by atoms with Crippen molar-refractivity contribution in [3.63, 3.8) is 0 Å². The summed E-state index contributed by atoms with van der Waals surface area (Å²) in [6, 6.07) is 9.32. The molecule has 1 atom stereocenters. The van der Waals surface area contributed by atoms with E-state index in [-0.39, 0.29) is 12.5 Å². The molecule has 1 saturated heterocycles. The van der Waals surface area contributed by atoms with E-state index in [0.717, 1.165) is 30.5 Å². The van der Waals surface area contributed by atoms with Gasteiger partial charge in [0.05, 0.1) is 5.56 Å². The van der Waals surface area contributed by atoms with Crippen molar-refractivity contribution in [3.05, 3.63) is 41.5 Å². The van der Waals surface area contributed by atoms with Gasteiger partial charge < -0.3 is 25.6 Å². The summed E-state index contributed by atoms with van der Waals surface area (Å²) in [6.07, 6.45) is 5.58. The molecule has 0 saturated carbocycles. The van der Waals surface area contributed by atoms with Crippen molar-refractivity contribution in [2.24, 2.45) is 5.73 Å². The number of ether oxygens (including phenoxy) is 2. The smallest absolute Gasteiger partial charge is 0.249 e. The molecular weight excluding hydrogens is 344 g/mol. The van der Waals surface area contributed by atoms with E-state index in [1.54, 1.807) is 24.3 Å². The molecule has 142 valence electrons. The number of aryl methyl sites for hydroxylation is 1. The van der Waals surface area contributed by atoms with E-state index in [0.29, 0.717) is 28.7 Å². The Bertz CT molecular complexity index is 860. The third-order valence-corrected chi connectivity index (χ3v) is 5.26. The Morgan fingerprint density at radius 2 is 1.96 bits per heavy atom. The van der Waals surface area contributed by atoms with Crippen LogP contribution in [-0.2, 0) is 6.42 Å². The highest BCUT2D eigenvalue weighted by Crippen LogP contribution is 2.39. The van der Waals surface area contributed by atoms with Gasteiger partial charge in [-0.15, -0.1) is 0 Å². The fourth-order valence-corrected chi connectivity index (χ4v) is 3.87. The molecule has 0 radical (unpaired) electrons. The fraction of sp³-hybridized carbons (Fsp3) is 0.381. The number of amides is 1. The van der Waals surface area contributed by atoms with Crippen molar-refractivity contribution < 1.29 is 19.4 Å². The summed E-state index contributed by atoms with van der Waals surface area (Å²) >= 11 is 0. The number of phenols is 1. The molecule has 2 aromatic carbocycles. The highest BCUT2D eigenvalue weighted by molar-refractivity contribution is 6.01. The molecule has 6 heteroatoms. The number of aromatic hydroxyl groups is 1. The Morgan fingerprint density at radius 3 is 2.70 bits per heavy atom. The van der Waals surface area contributed by atoms with Gasteiger partial charge in [-0.1, -0.05) is 12.5 Å². The molecule has 4 N–H and O–H groups in total. The number of primary amides is 1. The van der Waals surface area contributed by atoms with Gasteiger partial charge in [0, 0.05) is 6.04 Å². The number of hydrogen-bond acceptors (Lipinski definition) is 5. The van der Waals surface area contributed by atoms with Crippen molar-refractivity contribution in [1.82, 2.24) is 5.32 Å². The summed E-state index contributed by atoms with van der Waals surface area (Å²) in [4.78, 5) is 12.0. The average Bonchev–Trinajstić information content (AvgIpc) is 3.13. The molecule has 0 bridgehead atoms. The van der Waals surface area contributed by atoms with Crippen LogP contribution < -0.4 is 20.5 Å². The molecule has 0 spiro atoms. The summed E-state index contributed by atoms with van der Waals surface area (Å²) in [5, 5.41) is 13.8. The Hall–Kier alpha value is -2.73. The van der Waals surface area contributed by atoms with Gasteiger partial charge in [-0.3, -0.25) is 4.79 Å². The lowest BCUT2D eigenvalue weighted by molar-refractivity contribution is 0.100. The molecule has 6 nitrogen and oxygen atoms in total. The molecule has 1 fully saturated rings. The Morgan fingerprint density at radius 1 is 1.15 bits per heavy atom. The Kier molecular flexibility index (Phi) is 4.90. The molecule has 27 heavy (non-hydrogen) atoms. The van der Waals surface area contributed by atoms with Crippen molar-refractivity contribution in [2.75, 3.05) is 13.3 Å². The lowest BCUT2D eigenvalue weighted by Crippen LogP contribution is -2.34. The van der Waals surface area contributed by atoms with Crippen LogP contribution in [0.5, 0.6) is 17.2 Å². The van der Waals surface area contributed by atoms with E-state index in [9.17, 15) is 9.90 Å². The first kappa shape index (κ1) is 17.7. The zero-order valence-corrected chi connectivity index (χ0v) is 15.2. The first-order valence-electron chi connectivity index (χ1n) is 9.40. The van der Waals surface area contributed by atoms with Crippen molar-refractivity contribution in [2.45, 2.75) is 38.1 Å². The molecule has 2 heterocycles. The SMILES string of the molecule is NC(=O)c1cc2c(cc1-c1cc(O)cc(CCC3CCCCN3)c1)OCO2. The predicted molar refractivity (Wildman–Crippen MR) is 102 cm³/mol. The maximum absolute atomic E-state index is 12.0. The zero-order valence-electron chi connectivity index (χ0n) is 15.2. The second kappa shape index (κ2) is 7.48. The van der Waals surface area contributed by atoms with Crippen LogP contribution in [0.2, 0.25) is 0 Å². The number of piperidine rings is 1. The summed E-state index contributed by atoms with van der Waals surface area (Å²) < 4.78 is 10.8. The van der Waals surface area contributed by atoms with Crippen molar-refractivity contribution >= 4 is 5.91 Å². The van der Waals surface area contributed by atoms with E-state index < -0.39 is 5.91 Å². The summed E-state index contributed by atoms with van der Waals surface area (Å²) in [5.41, 5.74) is 8.34. The largest absolute Gasteiger partial charge is 0.508 e.